The lowest BCUT2D eigenvalue weighted by atomic mass is 10.1. The van der Waals surface area contributed by atoms with Crippen LogP contribution >= 0.6 is 0 Å². The molecule has 4 aromatic rings. The average molecular weight is 360 g/mol. The number of benzene rings is 2. The lowest BCUT2D eigenvalue weighted by molar-refractivity contribution is -0.118. The van der Waals surface area contributed by atoms with Crippen molar-refractivity contribution in [2.45, 2.75) is 20.4 Å². The zero-order chi connectivity index (χ0) is 18.8. The van der Waals surface area contributed by atoms with Crippen LogP contribution in [0.4, 0.5) is 11.5 Å². The number of anilines is 2. The van der Waals surface area contributed by atoms with Gasteiger partial charge in [-0.3, -0.25) is 4.79 Å². The molecule has 0 aliphatic carbocycles. The first kappa shape index (κ1) is 17.0. The number of hydrogen-bond donors (Lipinski definition) is 2. The van der Waals surface area contributed by atoms with Crippen LogP contribution in [-0.4, -0.2) is 15.9 Å². The van der Waals surface area contributed by atoms with E-state index in [1.165, 1.54) is 6.33 Å². The summed E-state index contributed by atoms with van der Waals surface area (Å²) in [5.74, 6) is 0.623. The molecule has 0 atom stereocenters. The van der Waals surface area contributed by atoms with Gasteiger partial charge in [-0.1, -0.05) is 38.1 Å². The van der Waals surface area contributed by atoms with Gasteiger partial charge in [-0.2, -0.15) is 0 Å². The fourth-order valence-electron chi connectivity index (χ4n) is 2.83. The van der Waals surface area contributed by atoms with Gasteiger partial charge < -0.3 is 15.1 Å². The van der Waals surface area contributed by atoms with Crippen LogP contribution in [0.25, 0.3) is 22.1 Å². The molecule has 0 spiro atoms. The number of rotatable bonds is 5. The molecule has 6 heteroatoms. The van der Waals surface area contributed by atoms with E-state index in [1.54, 1.807) is 0 Å². The van der Waals surface area contributed by atoms with Crippen LogP contribution in [0.1, 0.15) is 19.4 Å². The molecule has 27 heavy (non-hydrogen) atoms. The number of hydrogen-bond acceptors (Lipinski definition) is 5. The Balaban J connectivity index is 1.51. The molecule has 1 amide bonds. The molecule has 0 saturated heterocycles. The molecule has 2 N–H and O–H groups in total. The molecule has 4 rings (SSSR count). The minimum atomic E-state index is -0.0460. The second-order valence-electron chi connectivity index (χ2n) is 6.69. The van der Waals surface area contributed by atoms with Crippen LogP contribution in [0.2, 0.25) is 0 Å². The highest BCUT2D eigenvalue weighted by Gasteiger charge is 2.12. The molecular weight excluding hydrogens is 340 g/mol. The predicted octanol–water partition coefficient (Wildman–Crippen LogP) is 4.58. The van der Waals surface area contributed by atoms with E-state index in [1.807, 2.05) is 62.4 Å². The van der Waals surface area contributed by atoms with E-state index in [0.29, 0.717) is 17.9 Å². The Morgan fingerprint density at radius 2 is 1.85 bits per heavy atom. The number of carbonyl (C=O) groups excluding carboxylic acids is 1. The van der Waals surface area contributed by atoms with Crippen molar-refractivity contribution >= 4 is 39.5 Å². The number of para-hydroxylation sites is 1. The third-order valence-electron chi connectivity index (χ3n) is 4.36. The highest BCUT2D eigenvalue weighted by molar-refractivity contribution is 6.05. The number of carbonyl (C=O) groups is 1. The molecule has 2 heterocycles. The molecule has 0 radical (unpaired) electrons. The fraction of sp³-hybridized carbons (Fsp3) is 0.190. The van der Waals surface area contributed by atoms with Gasteiger partial charge in [-0.05, 0) is 29.8 Å². The summed E-state index contributed by atoms with van der Waals surface area (Å²) in [7, 11) is 0. The van der Waals surface area contributed by atoms with Gasteiger partial charge >= 0.3 is 0 Å². The summed E-state index contributed by atoms with van der Waals surface area (Å²) in [6.07, 6.45) is 1.54. The van der Waals surface area contributed by atoms with E-state index in [9.17, 15) is 4.79 Å². The van der Waals surface area contributed by atoms with E-state index in [-0.39, 0.29) is 11.8 Å². The molecule has 2 aromatic heterocycles. The van der Waals surface area contributed by atoms with Crippen LogP contribution < -0.4 is 10.6 Å². The minimum absolute atomic E-state index is 0.00846. The normalized spacial score (nSPS) is 11.2. The van der Waals surface area contributed by atoms with Crippen molar-refractivity contribution in [3.63, 3.8) is 0 Å². The maximum absolute atomic E-state index is 11.8. The van der Waals surface area contributed by atoms with E-state index < -0.39 is 0 Å². The Bertz CT molecular complexity index is 1100. The Morgan fingerprint density at radius 3 is 2.63 bits per heavy atom. The van der Waals surface area contributed by atoms with Gasteiger partial charge in [0.25, 0.3) is 0 Å². The first-order valence-electron chi connectivity index (χ1n) is 8.88. The lowest BCUT2D eigenvalue weighted by Crippen LogP contribution is -2.17. The zero-order valence-corrected chi connectivity index (χ0v) is 15.2. The van der Waals surface area contributed by atoms with Gasteiger partial charge in [0.1, 0.15) is 17.4 Å². The lowest BCUT2D eigenvalue weighted by Gasteiger charge is -2.09. The highest BCUT2D eigenvalue weighted by atomic mass is 16.3. The molecule has 0 fully saturated rings. The van der Waals surface area contributed by atoms with Gasteiger partial charge in [0, 0.05) is 23.5 Å². The number of fused-ring (bicyclic) bond motifs is 3. The van der Waals surface area contributed by atoms with Crippen molar-refractivity contribution in [3.8, 4) is 0 Å². The Morgan fingerprint density at radius 1 is 1.07 bits per heavy atom. The highest BCUT2D eigenvalue weighted by Crippen LogP contribution is 2.30. The molecule has 0 aliphatic heterocycles. The molecule has 0 unspecified atom stereocenters. The maximum atomic E-state index is 11.8. The molecule has 2 aromatic carbocycles. The smallest absolute Gasteiger partial charge is 0.226 e. The number of nitrogens with zero attached hydrogens (tertiary/aromatic N) is 2. The predicted molar refractivity (Wildman–Crippen MR) is 107 cm³/mol. The summed E-state index contributed by atoms with van der Waals surface area (Å²) in [4.78, 5) is 20.4. The summed E-state index contributed by atoms with van der Waals surface area (Å²) in [6, 6.07) is 15.5. The summed E-state index contributed by atoms with van der Waals surface area (Å²) in [6.45, 7) is 4.32. The van der Waals surface area contributed by atoms with Crippen LogP contribution in [0.15, 0.2) is 59.3 Å². The van der Waals surface area contributed by atoms with Crippen molar-refractivity contribution in [2.75, 3.05) is 10.6 Å². The number of amides is 1. The Labute approximate surface area is 156 Å². The van der Waals surface area contributed by atoms with Gasteiger partial charge in [-0.15, -0.1) is 0 Å². The van der Waals surface area contributed by atoms with Gasteiger partial charge in [0.05, 0.1) is 0 Å². The zero-order valence-electron chi connectivity index (χ0n) is 15.2. The maximum Gasteiger partial charge on any atom is 0.226 e. The fourth-order valence-corrected chi connectivity index (χ4v) is 2.83. The second-order valence-corrected chi connectivity index (χ2v) is 6.69. The van der Waals surface area contributed by atoms with E-state index in [2.05, 4.69) is 20.6 Å². The molecule has 0 saturated carbocycles. The monoisotopic (exact) mass is 360 g/mol. The van der Waals surface area contributed by atoms with Crippen molar-refractivity contribution in [2.24, 2.45) is 5.92 Å². The third kappa shape index (κ3) is 3.46. The van der Waals surface area contributed by atoms with E-state index in [4.69, 9.17) is 4.42 Å². The molecule has 6 nitrogen and oxygen atoms in total. The van der Waals surface area contributed by atoms with Crippen molar-refractivity contribution in [1.82, 2.24) is 9.97 Å². The number of furan rings is 1. The van der Waals surface area contributed by atoms with Gasteiger partial charge in [0.15, 0.2) is 11.4 Å². The Kier molecular flexibility index (Phi) is 4.46. The third-order valence-corrected chi connectivity index (χ3v) is 4.36. The Hall–Kier alpha value is -3.41. The molecular formula is C21H20N4O2. The molecule has 0 bridgehead atoms. The standard InChI is InChI=1S/C21H20N4O2/c1-13(2)21(26)25-15-9-7-14(8-10-15)11-22-20-19-18(23-12-24-20)16-5-3-4-6-17(16)27-19/h3-10,12-13H,11H2,1-2H3,(H,25,26)(H,22,23,24). The number of aromatic nitrogens is 2. The van der Waals surface area contributed by atoms with Gasteiger partial charge in [-0.25, -0.2) is 9.97 Å². The summed E-state index contributed by atoms with van der Waals surface area (Å²) < 4.78 is 5.92. The summed E-state index contributed by atoms with van der Waals surface area (Å²) in [5.41, 5.74) is 4.11. The topological polar surface area (TPSA) is 80.0 Å². The second kappa shape index (κ2) is 7.07. The average Bonchev–Trinajstić information content (AvgIpc) is 3.07. The van der Waals surface area contributed by atoms with Crippen LogP contribution in [0.3, 0.4) is 0 Å². The van der Waals surface area contributed by atoms with Crippen molar-refractivity contribution < 1.29 is 9.21 Å². The van der Waals surface area contributed by atoms with Crippen LogP contribution in [0, 0.1) is 5.92 Å². The molecule has 0 aliphatic rings. The first-order chi connectivity index (χ1) is 13.1. The summed E-state index contributed by atoms with van der Waals surface area (Å²) in [5, 5.41) is 7.17. The van der Waals surface area contributed by atoms with Crippen LogP contribution in [-0.2, 0) is 11.3 Å². The quantitative estimate of drug-likeness (QED) is 0.544. The summed E-state index contributed by atoms with van der Waals surface area (Å²) >= 11 is 0. The van der Waals surface area contributed by atoms with E-state index >= 15 is 0 Å². The largest absolute Gasteiger partial charge is 0.450 e. The van der Waals surface area contributed by atoms with Gasteiger partial charge in [0.2, 0.25) is 5.91 Å². The molecule has 136 valence electrons. The minimum Gasteiger partial charge on any atom is -0.450 e. The van der Waals surface area contributed by atoms with Crippen LogP contribution in [0.5, 0.6) is 0 Å². The first-order valence-corrected chi connectivity index (χ1v) is 8.88. The van der Waals surface area contributed by atoms with E-state index in [0.717, 1.165) is 27.7 Å². The SMILES string of the molecule is CC(C)C(=O)Nc1ccc(CNc2ncnc3c2oc2ccccc23)cc1. The van der Waals surface area contributed by atoms with Crippen molar-refractivity contribution in [3.05, 3.63) is 60.4 Å². The van der Waals surface area contributed by atoms with Crippen molar-refractivity contribution in [1.29, 1.82) is 0 Å². The number of nitrogens with one attached hydrogen (secondary N) is 2.